The number of aromatic carboxylic acids is 1. The Bertz CT molecular complexity index is 389. The molecule has 0 bridgehead atoms. The number of hydrogen-bond donors (Lipinski definition) is 2. The number of halogens is 1. The molecule has 0 unspecified atom stereocenters. The van der Waals surface area contributed by atoms with Crippen molar-refractivity contribution in [1.29, 1.82) is 0 Å². The van der Waals surface area contributed by atoms with Crippen LogP contribution < -0.4 is 5.32 Å². The molecule has 1 aromatic carbocycles. The zero-order valence-corrected chi connectivity index (χ0v) is 10.2. The van der Waals surface area contributed by atoms with Crippen LogP contribution in [0.3, 0.4) is 0 Å². The van der Waals surface area contributed by atoms with Crippen molar-refractivity contribution in [3.05, 3.63) is 35.1 Å². The standard InChI is InChI=1S/C13H18FNO2/c1-3-10(4-2)15-8-9-5-6-11(13(16)17)12(14)7-9/h5-7,10,15H,3-4,8H2,1-2H3,(H,16,17). The summed E-state index contributed by atoms with van der Waals surface area (Å²) in [5, 5.41) is 12.0. The van der Waals surface area contributed by atoms with Crippen LogP contribution in [0.4, 0.5) is 4.39 Å². The number of carboxylic acids is 1. The van der Waals surface area contributed by atoms with Crippen LogP contribution >= 0.6 is 0 Å². The average Bonchev–Trinajstić information content (AvgIpc) is 2.30. The van der Waals surface area contributed by atoms with Gasteiger partial charge in [-0.1, -0.05) is 19.9 Å². The van der Waals surface area contributed by atoms with E-state index >= 15 is 0 Å². The molecule has 17 heavy (non-hydrogen) atoms. The zero-order valence-electron chi connectivity index (χ0n) is 10.2. The molecular weight excluding hydrogens is 221 g/mol. The lowest BCUT2D eigenvalue weighted by molar-refractivity contribution is 0.0692. The maximum absolute atomic E-state index is 13.4. The summed E-state index contributed by atoms with van der Waals surface area (Å²) in [5.41, 5.74) is 0.482. The predicted octanol–water partition coefficient (Wildman–Crippen LogP) is 2.80. The van der Waals surface area contributed by atoms with E-state index < -0.39 is 11.8 Å². The van der Waals surface area contributed by atoms with Gasteiger partial charge in [-0.3, -0.25) is 0 Å². The van der Waals surface area contributed by atoms with E-state index in [1.807, 2.05) is 0 Å². The molecule has 0 atom stereocenters. The van der Waals surface area contributed by atoms with Crippen molar-refractivity contribution in [1.82, 2.24) is 5.32 Å². The average molecular weight is 239 g/mol. The minimum atomic E-state index is -1.23. The van der Waals surface area contributed by atoms with E-state index in [0.717, 1.165) is 18.4 Å². The van der Waals surface area contributed by atoms with Crippen molar-refractivity contribution in [3.63, 3.8) is 0 Å². The fourth-order valence-corrected chi connectivity index (χ4v) is 1.68. The summed E-state index contributed by atoms with van der Waals surface area (Å²) in [5.74, 6) is -1.91. The summed E-state index contributed by atoms with van der Waals surface area (Å²) in [6.45, 7) is 4.74. The molecule has 0 saturated carbocycles. The highest BCUT2D eigenvalue weighted by molar-refractivity contribution is 5.87. The van der Waals surface area contributed by atoms with Crippen molar-refractivity contribution >= 4 is 5.97 Å². The molecule has 0 aliphatic heterocycles. The van der Waals surface area contributed by atoms with Crippen LogP contribution in [0.15, 0.2) is 18.2 Å². The molecule has 2 N–H and O–H groups in total. The Kier molecular flexibility index (Phi) is 5.10. The van der Waals surface area contributed by atoms with Gasteiger partial charge in [-0.25, -0.2) is 9.18 Å². The number of hydrogen-bond acceptors (Lipinski definition) is 2. The van der Waals surface area contributed by atoms with E-state index in [2.05, 4.69) is 19.2 Å². The molecule has 0 heterocycles. The molecule has 0 aliphatic carbocycles. The molecule has 3 nitrogen and oxygen atoms in total. The Morgan fingerprint density at radius 2 is 2.06 bits per heavy atom. The van der Waals surface area contributed by atoms with E-state index in [1.165, 1.54) is 12.1 Å². The molecule has 1 aromatic rings. The van der Waals surface area contributed by atoms with Gasteiger partial charge in [0.2, 0.25) is 0 Å². The van der Waals surface area contributed by atoms with Crippen LogP contribution in [0.5, 0.6) is 0 Å². The van der Waals surface area contributed by atoms with Crippen molar-refractivity contribution in [2.45, 2.75) is 39.3 Å². The van der Waals surface area contributed by atoms with Crippen molar-refractivity contribution in [3.8, 4) is 0 Å². The van der Waals surface area contributed by atoms with Gasteiger partial charge in [-0.15, -0.1) is 0 Å². The van der Waals surface area contributed by atoms with Gasteiger partial charge >= 0.3 is 5.97 Å². The molecule has 94 valence electrons. The zero-order chi connectivity index (χ0) is 12.8. The van der Waals surface area contributed by atoms with Crippen molar-refractivity contribution in [2.75, 3.05) is 0 Å². The highest BCUT2D eigenvalue weighted by Crippen LogP contribution is 2.11. The lowest BCUT2D eigenvalue weighted by atomic mass is 10.1. The van der Waals surface area contributed by atoms with Crippen LogP contribution in [0.25, 0.3) is 0 Å². The molecule has 1 rings (SSSR count). The molecule has 0 amide bonds. The third-order valence-corrected chi connectivity index (χ3v) is 2.84. The van der Waals surface area contributed by atoms with Gasteiger partial charge < -0.3 is 10.4 Å². The SMILES string of the molecule is CCC(CC)NCc1ccc(C(=O)O)c(F)c1. The van der Waals surface area contributed by atoms with E-state index in [0.29, 0.717) is 12.6 Å². The number of nitrogens with one attached hydrogen (secondary N) is 1. The molecule has 4 heteroatoms. The third kappa shape index (κ3) is 3.82. The molecule has 0 saturated heterocycles. The monoisotopic (exact) mass is 239 g/mol. The Morgan fingerprint density at radius 1 is 1.41 bits per heavy atom. The number of carboxylic acid groups (broad SMARTS) is 1. The minimum absolute atomic E-state index is 0.281. The largest absolute Gasteiger partial charge is 0.478 e. The first-order valence-electron chi connectivity index (χ1n) is 5.83. The normalized spacial score (nSPS) is 10.8. The molecular formula is C13H18FNO2. The van der Waals surface area contributed by atoms with E-state index in [-0.39, 0.29) is 5.56 Å². The Morgan fingerprint density at radius 3 is 2.53 bits per heavy atom. The van der Waals surface area contributed by atoms with Gasteiger partial charge in [0, 0.05) is 12.6 Å². The van der Waals surface area contributed by atoms with E-state index in [4.69, 9.17) is 5.11 Å². The second-order valence-electron chi connectivity index (χ2n) is 4.01. The van der Waals surface area contributed by atoms with Crippen LogP contribution in [0.2, 0.25) is 0 Å². The van der Waals surface area contributed by atoms with Crippen LogP contribution in [-0.4, -0.2) is 17.1 Å². The van der Waals surface area contributed by atoms with Gasteiger partial charge in [-0.2, -0.15) is 0 Å². The number of carbonyl (C=O) groups is 1. The molecule has 0 fully saturated rings. The first kappa shape index (κ1) is 13.6. The lowest BCUT2D eigenvalue weighted by Crippen LogP contribution is -2.27. The highest BCUT2D eigenvalue weighted by atomic mass is 19.1. The maximum Gasteiger partial charge on any atom is 0.338 e. The van der Waals surface area contributed by atoms with Gasteiger partial charge in [-0.05, 0) is 30.5 Å². The fourth-order valence-electron chi connectivity index (χ4n) is 1.68. The van der Waals surface area contributed by atoms with Gasteiger partial charge in [0.1, 0.15) is 5.82 Å². The van der Waals surface area contributed by atoms with E-state index in [9.17, 15) is 9.18 Å². The molecule has 0 aromatic heterocycles. The van der Waals surface area contributed by atoms with E-state index in [1.54, 1.807) is 6.07 Å². The Balaban J connectivity index is 2.67. The Hall–Kier alpha value is -1.42. The number of rotatable bonds is 6. The molecule has 0 aliphatic rings. The smallest absolute Gasteiger partial charge is 0.338 e. The van der Waals surface area contributed by atoms with Crippen molar-refractivity contribution in [2.24, 2.45) is 0 Å². The fraction of sp³-hybridized carbons (Fsp3) is 0.462. The summed E-state index contributed by atoms with van der Waals surface area (Å²) in [4.78, 5) is 10.6. The van der Waals surface area contributed by atoms with Crippen LogP contribution in [-0.2, 0) is 6.54 Å². The van der Waals surface area contributed by atoms with Crippen molar-refractivity contribution < 1.29 is 14.3 Å². The Labute approximate surface area is 101 Å². The van der Waals surface area contributed by atoms with Crippen LogP contribution in [0, 0.1) is 5.82 Å². The topological polar surface area (TPSA) is 49.3 Å². The highest BCUT2D eigenvalue weighted by Gasteiger charge is 2.10. The van der Waals surface area contributed by atoms with Gasteiger partial charge in [0.15, 0.2) is 0 Å². The summed E-state index contributed by atoms with van der Waals surface area (Å²) in [6, 6.07) is 4.64. The summed E-state index contributed by atoms with van der Waals surface area (Å²) in [7, 11) is 0. The second-order valence-corrected chi connectivity index (χ2v) is 4.01. The predicted molar refractivity (Wildman–Crippen MR) is 64.6 cm³/mol. The third-order valence-electron chi connectivity index (χ3n) is 2.84. The van der Waals surface area contributed by atoms with Gasteiger partial charge in [0.25, 0.3) is 0 Å². The molecule has 0 spiro atoms. The summed E-state index contributed by atoms with van der Waals surface area (Å²) >= 11 is 0. The summed E-state index contributed by atoms with van der Waals surface area (Å²) < 4.78 is 13.4. The second kappa shape index (κ2) is 6.35. The first-order chi connectivity index (χ1) is 8.08. The quantitative estimate of drug-likeness (QED) is 0.802. The maximum atomic E-state index is 13.4. The first-order valence-corrected chi connectivity index (χ1v) is 5.83. The summed E-state index contributed by atoms with van der Waals surface area (Å²) in [6.07, 6.45) is 2.04. The minimum Gasteiger partial charge on any atom is -0.478 e. The number of benzene rings is 1. The van der Waals surface area contributed by atoms with Crippen LogP contribution in [0.1, 0.15) is 42.6 Å². The van der Waals surface area contributed by atoms with Gasteiger partial charge in [0.05, 0.1) is 5.56 Å². The lowest BCUT2D eigenvalue weighted by Gasteiger charge is -2.14. The molecule has 0 radical (unpaired) electrons.